The molecular formula is C12H16N2S2. The number of nitrogens with one attached hydrogen (secondary N) is 1. The van der Waals surface area contributed by atoms with E-state index in [1.54, 1.807) is 11.3 Å². The van der Waals surface area contributed by atoms with Crippen molar-refractivity contribution in [1.82, 2.24) is 5.43 Å². The van der Waals surface area contributed by atoms with Crippen LogP contribution in [-0.2, 0) is 12.8 Å². The first-order valence-corrected chi connectivity index (χ1v) is 7.20. The van der Waals surface area contributed by atoms with Gasteiger partial charge in [-0.3, -0.25) is 11.3 Å². The van der Waals surface area contributed by atoms with Crippen LogP contribution in [0, 0.1) is 0 Å². The summed E-state index contributed by atoms with van der Waals surface area (Å²) in [5, 5.41) is 6.43. The molecule has 2 aromatic rings. The fourth-order valence-electron chi connectivity index (χ4n) is 1.71. The number of hydrazine groups is 1. The lowest BCUT2D eigenvalue weighted by Gasteiger charge is -2.14. The SMILES string of the molecule is NNC(CCc1cccs1)Cc1ccsc1. The molecule has 2 heterocycles. The summed E-state index contributed by atoms with van der Waals surface area (Å²) >= 11 is 3.56. The summed E-state index contributed by atoms with van der Waals surface area (Å²) in [6.07, 6.45) is 3.22. The maximum atomic E-state index is 5.59. The normalized spacial score (nSPS) is 12.8. The van der Waals surface area contributed by atoms with Crippen LogP contribution >= 0.6 is 22.7 Å². The highest BCUT2D eigenvalue weighted by Gasteiger charge is 2.08. The van der Waals surface area contributed by atoms with Crippen LogP contribution in [0.1, 0.15) is 16.9 Å². The molecule has 1 atom stereocenters. The van der Waals surface area contributed by atoms with Gasteiger partial charge in [0.2, 0.25) is 0 Å². The molecule has 4 heteroatoms. The van der Waals surface area contributed by atoms with E-state index < -0.39 is 0 Å². The first kappa shape index (κ1) is 11.8. The van der Waals surface area contributed by atoms with Gasteiger partial charge in [0, 0.05) is 10.9 Å². The van der Waals surface area contributed by atoms with E-state index in [0.717, 1.165) is 19.3 Å². The van der Waals surface area contributed by atoms with Gasteiger partial charge in [0.05, 0.1) is 0 Å². The van der Waals surface area contributed by atoms with Gasteiger partial charge in [-0.25, -0.2) is 0 Å². The Kier molecular flexibility index (Phi) is 4.54. The molecule has 0 amide bonds. The molecule has 0 aliphatic carbocycles. The number of aryl methyl sites for hydroxylation is 1. The molecule has 0 aromatic carbocycles. The van der Waals surface area contributed by atoms with Crippen LogP contribution in [0.4, 0.5) is 0 Å². The zero-order valence-electron chi connectivity index (χ0n) is 9.06. The average molecular weight is 252 g/mol. The van der Waals surface area contributed by atoms with Crippen molar-refractivity contribution in [2.24, 2.45) is 5.84 Å². The fourth-order valence-corrected chi connectivity index (χ4v) is 3.12. The van der Waals surface area contributed by atoms with Crippen LogP contribution in [0.3, 0.4) is 0 Å². The summed E-state index contributed by atoms with van der Waals surface area (Å²) < 4.78 is 0. The third-order valence-electron chi connectivity index (χ3n) is 2.62. The third-order valence-corrected chi connectivity index (χ3v) is 4.29. The maximum absolute atomic E-state index is 5.59. The van der Waals surface area contributed by atoms with Crippen molar-refractivity contribution in [3.8, 4) is 0 Å². The van der Waals surface area contributed by atoms with Gasteiger partial charge in [-0.2, -0.15) is 11.3 Å². The lowest BCUT2D eigenvalue weighted by molar-refractivity contribution is 0.493. The standard InChI is InChI=1S/C12H16N2S2/c13-14-11(8-10-5-7-15-9-10)3-4-12-2-1-6-16-12/h1-2,5-7,9,11,14H,3-4,8,13H2. The first-order valence-electron chi connectivity index (χ1n) is 5.38. The molecule has 0 saturated carbocycles. The van der Waals surface area contributed by atoms with E-state index in [9.17, 15) is 0 Å². The van der Waals surface area contributed by atoms with E-state index in [2.05, 4.69) is 39.8 Å². The van der Waals surface area contributed by atoms with Crippen LogP contribution < -0.4 is 11.3 Å². The van der Waals surface area contributed by atoms with E-state index >= 15 is 0 Å². The van der Waals surface area contributed by atoms with Crippen molar-refractivity contribution in [2.75, 3.05) is 0 Å². The van der Waals surface area contributed by atoms with Crippen molar-refractivity contribution in [3.05, 3.63) is 44.8 Å². The molecule has 2 nitrogen and oxygen atoms in total. The quantitative estimate of drug-likeness (QED) is 0.613. The number of hydrogen-bond donors (Lipinski definition) is 2. The van der Waals surface area contributed by atoms with Gasteiger partial charge >= 0.3 is 0 Å². The Hall–Kier alpha value is -0.680. The van der Waals surface area contributed by atoms with Crippen LogP contribution in [0.25, 0.3) is 0 Å². The topological polar surface area (TPSA) is 38.0 Å². The number of hydrogen-bond acceptors (Lipinski definition) is 4. The summed E-state index contributed by atoms with van der Waals surface area (Å²) in [5.74, 6) is 5.59. The zero-order chi connectivity index (χ0) is 11.2. The van der Waals surface area contributed by atoms with Gasteiger partial charge in [-0.15, -0.1) is 11.3 Å². The molecule has 1 unspecified atom stereocenters. The Morgan fingerprint density at radius 1 is 1.31 bits per heavy atom. The van der Waals surface area contributed by atoms with Gasteiger partial charge in [0.1, 0.15) is 0 Å². The molecule has 0 spiro atoms. The maximum Gasteiger partial charge on any atom is 0.0254 e. The molecular weight excluding hydrogens is 236 g/mol. The lowest BCUT2D eigenvalue weighted by atomic mass is 10.0. The number of rotatable bonds is 6. The third kappa shape index (κ3) is 3.42. The van der Waals surface area contributed by atoms with Crippen LogP contribution in [0.15, 0.2) is 34.3 Å². The summed E-state index contributed by atoms with van der Waals surface area (Å²) in [5.41, 5.74) is 4.29. The Balaban J connectivity index is 1.81. The average Bonchev–Trinajstić information content (AvgIpc) is 2.97. The van der Waals surface area contributed by atoms with Gasteiger partial charge < -0.3 is 0 Å². The highest BCUT2D eigenvalue weighted by molar-refractivity contribution is 7.09. The smallest absolute Gasteiger partial charge is 0.0254 e. The Morgan fingerprint density at radius 3 is 2.88 bits per heavy atom. The van der Waals surface area contributed by atoms with Crippen LogP contribution in [-0.4, -0.2) is 6.04 Å². The van der Waals surface area contributed by atoms with E-state index in [4.69, 9.17) is 5.84 Å². The summed E-state index contributed by atoms with van der Waals surface area (Å²) in [4.78, 5) is 1.44. The largest absolute Gasteiger partial charge is 0.271 e. The monoisotopic (exact) mass is 252 g/mol. The highest BCUT2D eigenvalue weighted by Crippen LogP contribution is 2.15. The second-order valence-electron chi connectivity index (χ2n) is 3.82. The fraction of sp³-hybridized carbons (Fsp3) is 0.333. The Morgan fingerprint density at radius 2 is 2.25 bits per heavy atom. The molecule has 0 aliphatic heterocycles. The molecule has 0 radical (unpaired) electrons. The minimum Gasteiger partial charge on any atom is -0.271 e. The predicted molar refractivity (Wildman–Crippen MR) is 71.8 cm³/mol. The van der Waals surface area contributed by atoms with Crippen LogP contribution in [0.5, 0.6) is 0 Å². The van der Waals surface area contributed by atoms with Crippen molar-refractivity contribution in [1.29, 1.82) is 0 Å². The summed E-state index contributed by atoms with van der Waals surface area (Å²) in [6, 6.07) is 6.82. The zero-order valence-corrected chi connectivity index (χ0v) is 10.7. The van der Waals surface area contributed by atoms with E-state index in [1.165, 1.54) is 10.4 Å². The highest BCUT2D eigenvalue weighted by atomic mass is 32.1. The van der Waals surface area contributed by atoms with Gasteiger partial charge in [0.15, 0.2) is 0 Å². The van der Waals surface area contributed by atoms with Gasteiger partial charge in [0.25, 0.3) is 0 Å². The molecule has 0 fully saturated rings. The molecule has 2 aromatic heterocycles. The second kappa shape index (κ2) is 6.15. The van der Waals surface area contributed by atoms with Crippen molar-refractivity contribution >= 4 is 22.7 Å². The minimum absolute atomic E-state index is 0.372. The molecule has 0 bridgehead atoms. The van der Waals surface area contributed by atoms with Crippen molar-refractivity contribution < 1.29 is 0 Å². The molecule has 86 valence electrons. The lowest BCUT2D eigenvalue weighted by Crippen LogP contribution is -2.37. The van der Waals surface area contributed by atoms with E-state index in [1.807, 2.05) is 11.3 Å². The molecule has 2 rings (SSSR count). The Labute approximate surface area is 104 Å². The number of nitrogens with two attached hydrogens (primary N) is 1. The second-order valence-corrected chi connectivity index (χ2v) is 5.63. The van der Waals surface area contributed by atoms with E-state index in [-0.39, 0.29) is 0 Å². The molecule has 0 saturated heterocycles. The summed E-state index contributed by atoms with van der Waals surface area (Å²) in [6.45, 7) is 0. The molecule has 0 aliphatic rings. The van der Waals surface area contributed by atoms with Crippen LogP contribution in [0.2, 0.25) is 0 Å². The predicted octanol–water partition coefficient (Wildman–Crippen LogP) is 2.82. The minimum atomic E-state index is 0.372. The Bertz CT molecular complexity index is 381. The number of thiophene rings is 2. The van der Waals surface area contributed by atoms with Crippen molar-refractivity contribution in [3.63, 3.8) is 0 Å². The molecule has 16 heavy (non-hydrogen) atoms. The van der Waals surface area contributed by atoms with Gasteiger partial charge in [-0.05, 0) is 53.1 Å². The van der Waals surface area contributed by atoms with Crippen molar-refractivity contribution in [2.45, 2.75) is 25.3 Å². The summed E-state index contributed by atoms with van der Waals surface area (Å²) in [7, 11) is 0. The first-order chi connectivity index (χ1) is 7.88. The van der Waals surface area contributed by atoms with Gasteiger partial charge in [-0.1, -0.05) is 6.07 Å². The molecule has 3 N–H and O–H groups in total. The van der Waals surface area contributed by atoms with E-state index in [0.29, 0.717) is 6.04 Å².